The lowest BCUT2D eigenvalue weighted by atomic mass is 10.0. The van der Waals surface area contributed by atoms with E-state index in [2.05, 4.69) is 5.32 Å². The molecule has 0 atom stereocenters. The van der Waals surface area contributed by atoms with Crippen LogP contribution in [0.25, 0.3) is 11.8 Å². The number of nitrogens with one attached hydrogen (secondary N) is 1. The maximum atomic E-state index is 13.3. The van der Waals surface area contributed by atoms with Crippen LogP contribution in [0.4, 0.5) is 16.2 Å². The minimum atomic E-state index is -0.796. The van der Waals surface area contributed by atoms with Gasteiger partial charge in [0.1, 0.15) is 5.57 Å². The van der Waals surface area contributed by atoms with Crippen LogP contribution in [-0.4, -0.2) is 27.3 Å². The monoisotopic (exact) mass is 458 g/mol. The molecule has 9 nitrogen and oxygen atoms in total. The summed E-state index contributed by atoms with van der Waals surface area (Å²) in [6.07, 6.45) is 2.05. The Morgan fingerprint density at radius 2 is 1.76 bits per heavy atom. The molecule has 4 amide bonds. The lowest BCUT2D eigenvalue weighted by molar-refractivity contribution is -0.384. The second-order valence-corrected chi connectivity index (χ2v) is 7.88. The molecule has 0 saturated carbocycles. The first-order valence-electron chi connectivity index (χ1n) is 10.7. The highest BCUT2D eigenvalue weighted by molar-refractivity contribution is 6.39. The number of benzene rings is 2. The Bertz CT molecular complexity index is 1390. The quantitative estimate of drug-likeness (QED) is 0.266. The third kappa shape index (κ3) is 3.88. The van der Waals surface area contributed by atoms with Crippen LogP contribution in [0.15, 0.2) is 60.2 Å². The van der Waals surface area contributed by atoms with E-state index >= 15 is 0 Å². The molecule has 34 heavy (non-hydrogen) atoms. The molecule has 0 spiro atoms. The molecule has 9 heteroatoms. The summed E-state index contributed by atoms with van der Waals surface area (Å²) in [6, 6.07) is 14.2. The molecule has 3 aromatic rings. The van der Waals surface area contributed by atoms with E-state index in [1.807, 2.05) is 26.0 Å². The zero-order valence-electron chi connectivity index (χ0n) is 18.9. The van der Waals surface area contributed by atoms with Crippen LogP contribution in [0.5, 0.6) is 0 Å². The number of imide groups is 2. The standard InChI is InChI=1S/C25H22N4O5/c1-4-17-8-5-6-11-22(17)28-24(31)21(23(30)26-25(28)32)13-18-12-15(2)27(16(18)3)19-9-7-10-20(14-19)29(33)34/h5-14H,4H2,1-3H3,(H,26,30,32)/b21-13+. The van der Waals surface area contributed by atoms with E-state index in [1.165, 1.54) is 18.2 Å². The van der Waals surface area contributed by atoms with Gasteiger partial charge in [-0.2, -0.15) is 0 Å². The number of anilines is 1. The van der Waals surface area contributed by atoms with Gasteiger partial charge in [0.2, 0.25) is 0 Å². The molecule has 1 saturated heterocycles. The Morgan fingerprint density at radius 3 is 2.47 bits per heavy atom. The topological polar surface area (TPSA) is 115 Å². The number of aromatic nitrogens is 1. The van der Waals surface area contributed by atoms with Gasteiger partial charge in [0.25, 0.3) is 17.5 Å². The molecule has 1 aliphatic rings. The molecular formula is C25H22N4O5. The van der Waals surface area contributed by atoms with Gasteiger partial charge in [0, 0.05) is 23.5 Å². The van der Waals surface area contributed by atoms with Crippen molar-refractivity contribution >= 4 is 35.3 Å². The van der Waals surface area contributed by atoms with Gasteiger partial charge in [0.05, 0.1) is 16.3 Å². The van der Waals surface area contributed by atoms with Gasteiger partial charge in [-0.25, -0.2) is 9.69 Å². The average molecular weight is 458 g/mol. The third-order valence-electron chi connectivity index (χ3n) is 5.78. The number of nitrogens with zero attached hydrogens (tertiary/aromatic N) is 3. The number of aryl methyl sites for hydroxylation is 2. The number of nitro groups is 1. The molecular weight excluding hydrogens is 436 g/mol. The fourth-order valence-electron chi connectivity index (χ4n) is 4.14. The minimum absolute atomic E-state index is 0.0458. The zero-order valence-corrected chi connectivity index (χ0v) is 18.9. The maximum Gasteiger partial charge on any atom is 0.335 e. The molecule has 0 aliphatic carbocycles. The number of urea groups is 1. The van der Waals surface area contributed by atoms with Crippen molar-refractivity contribution in [2.75, 3.05) is 4.90 Å². The first kappa shape index (κ1) is 22.7. The number of rotatable bonds is 5. The summed E-state index contributed by atoms with van der Waals surface area (Å²) >= 11 is 0. The van der Waals surface area contributed by atoms with Crippen LogP contribution in [0.1, 0.15) is 29.4 Å². The minimum Gasteiger partial charge on any atom is -0.318 e. The van der Waals surface area contributed by atoms with E-state index in [9.17, 15) is 24.5 Å². The van der Waals surface area contributed by atoms with Gasteiger partial charge in [-0.1, -0.05) is 31.2 Å². The molecule has 0 radical (unpaired) electrons. The van der Waals surface area contributed by atoms with Crippen LogP contribution < -0.4 is 10.2 Å². The zero-order chi connectivity index (χ0) is 24.6. The molecule has 0 bridgehead atoms. The fourth-order valence-corrected chi connectivity index (χ4v) is 4.14. The Balaban J connectivity index is 1.78. The van der Waals surface area contributed by atoms with E-state index in [1.54, 1.807) is 41.8 Å². The second kappa shape index (κ2) is 8.78. The summed E-state index contributed by atoms with van der Waals surface area (Å²) in [5, 5.41) is 13.4. The summed E-state index contributed by atoms with van der Waals surface area (Å²) < 4.78 is 1.81. The van der Waals surface area contributed by atoms with Crippen LogP contribution in [0.2, 0.25) is 0 Å². The van der Waals surface area contributed by atoms with Gasteiger partial charge in [-0.15, -0.1) is 0 Å². The molecule has 1 N–H and O–H groups in total. The van der Waals surface area contributed by atoms with Crippen molar-refractivity contribution in [2.24, 2.45) is 0 Å². The molecule has 2 heterocycles. The first-order valence-corrected chi connectivity index (χ1v) is 10.7. The highest BCUT2D eigenvalue weighted by Crippen LogP contribution is 2.28. The predicted molar refractivity (Wildman–Crippen MR) is 127 cm³/mol. The Labute approximate surface area is 195 Å². The normalized spacial score (nSPS) is 15.1. The van der Waals surface area contributed by atoms with E-state index in [4.69, 9.17) is 0 Å². The number of carbonyl (C=O) groups excluding carboxylic acids is 3. The van der Waals surface area contributed by atoms with Crippen LogP contribution in [0.3, 0.4) is 0 Å². The Kier molecular flexibility index (Phi) is 5.85. The summed E-state index contributed by atoms with van der Waals surface area (Å²) in [6.45, 7) is 5.53. The van der Waals surface area contributed by atoms with E-state index in [0.717, 1.165) is 16.2 Å². The number of nitro benzene ring substituents is 1. The highest BCUT2D eigenvalue weighted by Gasteiger charge is 2.37. The molecule has 172 valence electrons. The van der Waals surface area contributed by atoms with E-state index < -0.39 is 22.8 Å². The largest absolute Gasteiger partial charge is 0.335 e. The van der Waals surface area contributed by atoms with Crippen molar-refractivity contribution in [1.29, 1.82) is 0 Å². The first-order chi connectivity index (χ1) is 16.2. The summed E-state index contributed by atoms with van der Waals surface area (Å²) in [5.74, 6) is -1.49. The predicted octanol–water partition coefficient (Wildman–Crippen LogP) is 4.23. The smallest absolute Gasteiger partial charge is 0.318 e. The lowest BCUT2D eigenvalue weighted by Gasteiger charge is -2.27. The van der Waals surface area contributed by atoms with Crippen LogP contribution >= 0.6 is 0 Å². The van der Waals surface area contributed by atoms with Gasteiger partial charge in [0.15, 0.2) is 0 Å². The number of hydrogen-bond donors (Lipinski definition) is 1. The average Bonchev–Trinajstić information content (AvgIpc) is 3.09. The van der Waals surface area contributed by atoms with Crippen molar-refractivity contribution in [3.8, 4) is 5.69 Å². The summed E-state index contributed by atoms with van der Waals surface area (Å²) in [7, 11) is 0. The molecule has 2 aromatic carbocycles. The third-order valence-corrected chi connectivity index (χ3v) is 5.78. The van der Waals surface area contributed by atoms with Crippen LogP contribution in [-0.2, 0) is 16.0 Å². The molecule has 0 unspecified atom stereocenters. The second-order valence-electron chi connectivity index (χ2n) is 7.88. The van der Waals surface area contributed by atoms with Crippen molar-refractivity contribution < 1.29 is 19.3 Å². The van der Waals surface area contributed by atoms with Gasteiger partial charge in [-0.3, -0.25) is 25.0 Å². The number of hydrogen-bond acceptors (Lipinski definition) is 5. The number of carbonyl (C=O) groups is 3. The highest BCUT2D eigenvalue weighted by atomic mass is 16.6. The molecule has 1 aromatic heterocycles. The van der Waals surface area contributed by atoms with Gasteiger partial charge >= 0.3 is 6.03 Å². The van der Waals surface area contributed by atoms with Crippen molar-refractivity contribution in [3.63, 3.8) is 0 Å². The van der Waals surface area contributed by atoms with Crippen molar-refractivity contribution in [2.45, 2.75) is 27.2 Å². The van der Waals surface area contributed by atoms with Crippen molar-refractivity contribution in [3.05, 3.63) is 92.8 Å². The number of amides is 4. The summed E-state index contributed by atoms with van der Waals surface area (Å²) in [4.78, 5) is 50.2. The van der Waals surface area contributed by atoms with Crippen molar-refractivity contribution in [1.82, 2.24) is 9.88 Å². The maximum absolute atomic E-state index is 13.3. The van der Waals surface area contributed by atoms with Gasteiger partial charge < -0.3 is 4.57 Å². The number of barbiturate groups is 1. The Morgan fingerprint density at radius 1 is 1.03 bits per heavy atom. The fraction of sp³-hybridized carbons (Fsp3) is 0.160. The molecule has 1 aliphatic heterocycles. The lowest BCUT2D eigenvalue weighted by Crippen LogP contribution is -2.54. The number of para-hydroxylation sites is 1. The van der Waals surface area contributed by atoms with E-state index in [-0.39, 0.29) is 11.3 Å². The van der Waals surface area contributed by atoms with E-state index in [0.29, 0.717) is 29.1 Å². The molecule has 4 rings (SSSR count). The SMILES string of the molecule is CCc1ccccc1N1C(=O)NC(=O)/C(=C\c2cc(C)n(-c3cccc([N+](=O)[O-])c3)c2C)C1=O. The summed E-state index contributed by atoms with van der Waals surface area (Å²) in [5.41, 5.74) is 3.61. The number of non-ortho nitro benzene ring substituents is 1. The van der Waals surface area contributed by atoms with Crippen LogP contribution in [0, 0.1) is 24.0 Å². The van der Waals surface area contributed by atoms with Gasteiger partial charge in [-0.05, 0) is 55.7 Å². The molecule has 1 fully saturated rings. The Hall–Kier alpha value is -4.53.